The van der Waals surface area contributed by atoms with Crippen molar-refractivity contribution in [3.8, 4) is 6.07 Å². The lowest BCUT2D eigenvalue weighted by molar-refractivity contribution is 0.0897. The summed E-state index contributed by atoms with van der Waals surface area (Å²) in [5, 5.41) is 12.8. The van der Waals surface area contributed by atoms with Gasteiger partial charge in [0, 0.05) is 25.7 Å². The van der Waals surface area contributed by atoms with E-state index in [1.165, 1.54) is 12.8 Å². The number of ether oxygens (including phenoxy) is 1. The van der Waals surface area contributed by atoms with Crippen LogP contribution in [0, 0.1) is 11.3 Å². The van der Waals surface area contributed by atoms with Gasteiger partial charge in [-0.3, -0.25) is 10.2 Å². The molecule has 0 aromatic rings. The Morgan fingerprint density at radius 3 is 2.65 bits per heavy atom. The molecule has 0 saturated heterocycles. The SMILES string of the molecule is CCN(CC(C)(C#N)NC1CC1)C(C)COC. The number of rotatable bonds is 8. The second-order valence-electron chi connectivity index (χ2n) is 5.23. The van der Waals surface area contributed by atoms with Crippen LogP contribution in [0.4, 0.5) is 0 Å². The van der Waals surface area contributed by atoms with Crippen LogP contribution in [-0.2, 0) is 4.74 Å². The molecule has 0 spiro atoms. The van der Waals surface area contributed by atoms with Crippen molar-refractivity contribution in [2.24, 2.45) is 0 Å². The number of likely N-dealkylation sites (N-methyl/N-ethyl adjacent to an activating group) is 1. The lowest BCUT2D eigenvalue weighted by atomic mass is 10.0. The Kier molecular flexibility index (Phi) is 5.38. The molecule has 1 fully saturated rings. The van der Waals surface area contributed by atoms with E-state index in [9.17, 15) is 5.26 Å². The van der Waals surface area contributed by atoms with E-state index in [-0.39, 0.29) is 0 Å². The predicted molar refractivity (Wildman–Crippen MR) is 68.8 cm³/mol. The molecule has 0 aliphatic heterocycles. The monoisotopic (exact) mass is 239 g/mol. The van der Waals surface area contributed by atoms with E-state index in [4.69, 9.17) is 4.74 Å². The molecular weight excluding hydrogens is 214 g/mol. The van der Waals surface area contributed by atoms with E-state index in [0.717, 1.165) is 13.1 Å². The lowest BCUT2D eigenvalue weighted by Gasteiger charge is -2.34. The van der Waals surface area contributed by atoms with Crippen LogP contribution in [0.25, 0.3) is 0 Å². The van der Waals surface area contributed by atoms with Crippen LogP contribution in [0.2, 0.25) is 0 Å². The van der Waals surface area contributed by atoms with Gasteiger partial charge in [0.15, 0.2) is 0 Å². The van der Waals surface area contributed by atoms with Crippen molar-refractivity contribution in [1.29, 1.82) is 5.26 Å². The highest BCUT2D eigenvalue weighted by Gasteiger charge is 2.34. The van der Waals surface area contributed by atoms with Gasteiger partial charge in [0.1, 0.15) is 5.54 Å². The zero-order valence-corrected chi connectivity index (χ0v) is 11.5. The van der Waals surface area contributed by atoms with Crippen LogP contribution in [0.5, 0.6) is 0 Å². The molecule has 1 saturated carbocycles. The van der Waals surface area contributed by atoms with Crippen molar-refractivity contribution >= 4 is 0 Å². The summed E-state index contributed by atoms with van der Waals surface area (Å²) in [4.78, 5) is 2.29. The van der Waals surface area contributed by atoms with Crippen LogP contribution in [-0.4, -0.2) is 49.3 Å². The van der Waals surface area contributed by atoms with E-state index in [1.54, 1.807) is 7.11 Å². The number of hydrogen-bond acceptors (Lipinski definition) is 4. The highest BCUT2D eigenvalue weighted by atomic mass is 16.5. The lowest BCUT2D eigenvalue weighted by Crippen LogP contribution is -2.53. The van der Waals surface area contributed by atoms with Crippen LogP contribution < -0.4 is 5.32 Å². The first-order valence-electron chi connectivity index (χ1n) is 6.46. The van der Waals surface area contributed by atoms with Gasteiger partial charge >= 0.3 is 0 Å². The Labute approximate surface area is 105 Å². The van der Waals surface area contributed by atoms with Gasteiger partial charge in [0.2, 0.25) is 0 Å². The summed E-state index contributed by atoms with van der Waals surface area (Å²) in [5.74, 6) is 0. The highest BCUT2D eigenvalue weighted by Crippen LogP contribution is 2.23. The second-order valence-corrected chi connectivity index (χ2v) is 5.23. The molecule has 4 nitrogen and oxygen atoms in total. The van der Waals surface area contributed by atoms with Crippen molar-refractivity contribution in [3.05, 3.63) is 0 Å². The minimum absolute atomic E-state index is 0.346. The smallest absolute Gasteiger partial charge is 0.116 e. The molecule has 98 valence electrons. The molecule has 2 atom stereocenters. The van der Waals surface area contributed by atoms with Crippen molar-refractivity contribution in [2.75, 3.05) is 26.8 Å². The van der Waals surface area contributed by atoms with Crippen molar-refractivity contribution < 1.29 is 4.74 Å². The summed E-state index contributed by atoms with van der Waals surface area (Å²) < 4.78 is 5.18. The van der Waals surface area contributed by atoms with E-state index >= 15 is 0 Å². The first-order chi connectivity index (χ1) is 8.04. The molecule has 0 heterocycles. The summed E-state index contributed by atoms with van der Waals surface area (Å²) in [6, 6.07) is 3.32. The normalized spacial score (nSPS) is 20.9. The number of hydrogen-bond donors (Lipinski definition) is 1. The third kappa shape index (κ3) is 4.63. The average Bonchev–Trinajstić information content (AvgIpc) is 3.10. The maximum absolute atomic E-state index is 9.35. The van der Waals surface area contributed by atoms with Gasteiger partial charge in [-0.05, 0) is 33.2 Å². The summed E-state index contributed by atoms with van der Waals surface area (Å²) in [6.07, 6.45) is 2.41. The molecule has 1 rings (SSSR count). The molecule has 0 bridgehead atoms. The van der Waals surface area contributed by atoms with Crippen molar-refractivity contribution in [2.45, 2.75) is 51.2 Å². The molecule has 17 heavy (non-hydrogen) atoms. The Hall–Kier alpha value is -0.630. The van der Waals surface area contributed by atoms with E-state index in [0.29, 0.717) is 18.7 Å². The number of nitrogens with zero attached hydrogens (tertiary/aromatic N) is 2. The average molecular weight is 239 g/mol. The first-order valence-corrected chi connectivity index (χ1v) is 6.46. The van der Waals surface area contributed by atoms with Crippen LogP contribution >= 0.6 is 0 Å². The van der Waals surface area contributed by atoms with Gasteiger partial charge in [-0.2, -0.15) is 5.26 Å². The Morgan fingerprint density at radius 1 is 1.59 bits per heavy atom. The standard InChI is InChI=1S/C13H25N3O/c1-5-16(11(2)8-17-4)10-13(3,9-14)15-12-6-7-12/h11-12,15H,5-8,10H2,1-4H3. The number of methoxy groups -OCH3 is 1. The van der Waals surface area contributed by atoms with E-state index in [1.807, 2.05) is 6.92 Å². The molecule has 0 aromatic heterocycles. The molecule has 0 aromatic carbocycles. The van der Waals surface area contributed by atoms with Crippen LogP contribution in [0.3, 0.4) is 0 Å². The van der Waals surface area contributed by atoms with Gasteiger partial charge in [-0.15, -0.1) is 0 Å². The number of nitrogens with one attached hydrogen (secondary N) is 1. The minimum Gasteiger partial charge on any atom is -0.383 e. The minimum atomic E-state index is -0.445. The highest BCUT2D eigenvalue weighted by molar-refractivity contribution is 5.09. The fourth-order valence-corrected chi connectivity index (χ4v) is 2.12. The zero-order valence-electron chi connectivity index (χ0n) is 11.5. The zero-order chi connectivity index (χ0) is 12.9. The fourth-order valence-electron chi connectivity index (χ4n) is 2.12. The largest absolute Gasteiger partial charge is 0.383 e. The third-order valence-corrected chi connectivity index (χ3v) is 3.30. The van der Waals surface area contributed by atoms with Gasteiger partial charge in [0.25, 0.3) is 0 Å². The van der Waals surface area contributed by atoms with Gasteiger partial charge < -0.3 is 4.74 Å². The number of nitriles is 1. The van der Waals surface area contributed by atoms with Gasteiger partial charge in [0.05, 0.1) is 12.7 Å². The van der Waals surface area contributed by atoms with Gasteiger partial charge in [-0.25, -0.2) is 0 Å². The molecule has 1 aliphatic carbocycles. The molecule has 1 aliphatic rings. The summed E-state index contributed by atoms with van der Waals surface area (Å²) in [6.45, 7) is 8.66. The third-order valence-electron chi connectivity index (χ3n) is 3.30. The Bertz CT molecular complexity index is 272. The quantitative estimate of drug-likeness (QED) is 0.695. The predicted octanol–water partition coefficient (Wildman–Crippen LogP) is 1.38. The van der Waals surface area contributed by atoms with Crippen molar-refractivity contribution in [1.82, 2.24) is 10.2 Å². The second kappa shape index (κ2) is 6.34. The van der Waals surface area contributed by atoms with Gasteiger partial charge in [-0.1, -0.05) is 6.92 Å². The molecule has 1 N–H and O–H groups in total. The summed E-state index contributed by atoms with van der Waals surface area (Å²) >= 11 is 0. The maximum atomic E-state index is 9.35. The molecule has 0 amide bonds. The Balaban J connectivity index is 2.53. The van der Waals surface area contributed by atoms with Crippen molar-refractivity contribution in [3.63, 3.8) is 0 Å². The van der Waals surface area contributed by atoms with Crippen LogP contribution in [0.1, 0.15) is 33.6 Å². The topological polar surface area (TPSA) is 48.3 Å². The summed E-state index contributed by atoms with van der Waals surface area (Å²) in [7, 11) is 1.72. The maximum Gasteiger partial charge on any atom is 0.116 e. The van der Waals surface area contributed by atoms with E-state index in [2.05, 4.69) is 30.1 Å². The first kappa shape index (κ1) is 14.4. The van der Waals surface area contributed by atoms with Crippen LogP contribution in [0.15, 0.2) is 0 Å². The summed E-state index contributed by atoms with van der Waals surface area (Å²) in [5.41, 5.74) is -0.445. The molecule has 2 unspecified atom stereocenters. The molecule has 0 radical (unpaired) electrons. The molecule has 4 heteroatoms. The molecular formula is C13H25N3O. The van der Waals surface area contributed by atoms with E-state index < -0.39 is 5.54 Å². The Morgan fingerprint density at radius 2 is 2.24 bits per heavy atom. The fraction of sp³-hybridized carbons (Fsp3) is 0.923.